The third-order valence-corrected chi connectivity index (χ3v) is 3.74. The molecule has 1 heterocycles. The summed E-state index contributed by atoms with van der Waals surface area (Å²) in [5.41, 5.74) is 3.90. The summed E-state index contributed by atoms with van der Waals surface area (Å²) in [5, 5.41) is 4.31. The van der Waals surface area contributed by atoms with Crippen LogP contribution in [0, 0.1) is 6.92 Å². The molecule has 1 aliphatic rings. The van der Waals surface area contributed by atoms with Crippen LogP contribution in [0.25, 0.3) is 0 Å². The van der Waals surface area contributed by atoms with Crippen LogP contribution in [-0.2, 0) is 20.1 Å². The monoisotopic (exact) mass is 270 g/mol. The Kier molecular flexibility index (Phi) is 3.30. The molecule has 0 unspecified atom stereocenters. The van der Waals surface area contributed by atoms with Crippen molar-refractivity contribution >= 4 is 5.78 Å². The molecule has 4 nitrogen and oxygen atoms in total. The first-order chi connectivity index (χ1) is 9.65. The highest BCUT2D eigenvalue weighted by Gasteiger charge is 2.20. The smallest absolute Gasteiger partial charge is 0.163 e. The minimum atomic E-state index is 0.230. The number of fused-ring (bicyclic) bond motifs is 1. The van der Waals surface area contributed by atoms with Crippen LogP contribution in [0.2, 0.25) is 0 Å². The number of benzene rings is 1. The highest BCUT2D eigenvalue weighted by atomic mass is 16.5. The van der Waals surface area contributed by atoms with E-state index in [0.29, 0.717) is 13.0 Å². The molecule has 2 aromatic rings. The van der Waals surface area contributed by atoms with Crippen LogP contribution >= 0.6 is 0 Å². The molecule has 3 rings (SSSR count). The van der Waals surface area contributed by atoms with Crippen LogP contribution in [0.5, 0.6) is 5.75 Å². The van der Waals surface area contributed by atoms with Gasteiger partial charge in [-0.3, -0.25) is 9.48 Å². The van der Waals surface area contributed by atoms with E-state index in [4.69, 9.17) is 4.74 Å². The third-order valence-electron chi connectivity index (χ3n) is 3.74. The fraction of sp³-hybridized carbons (Fsp3) is 0.375. The first-order valence-corrected chi connectivity index (χ1v) is 6.92. The molecule has 0 radical (unpaired) electrons. The lowest BCUT2D eigenvalue weighted by Gasteiger charge is -2.18. The van der Waals surface area contributed by atoms with Gasteiger partial charge in [-0.25, -0.2) is 0 Å². The van der Waals surface area contributed by atoms with Crippen molar-refractivity contribution in [1.82, 2.24) is 9.78 Å². The number of ether oxygens (including phenoxy) is 1. The second kappa shape index (κ2) is 5.12. The first kappa shape index (κ1) is 12.9. The van der Waals surface area contributed by atoms with Gasteiger partial charge in [0.15, 0.2) is 5.78 Å². The summed E-state index contributed by atoms with van der Waals surface area (Å²) in [4.78, 5) is 11.9. The summed E-state index contributed by atoms with van der Waals surface area (Å²) in [5.74, 6) is 1.06. The van der Waals surface area contributed by atoms with Gasteiger partial charge in [-0.2, -0.15) is 5.10 Å². The van der Waals surface area contributed by atoms with E-state index in [1.54, 1.807) is 0 Å². The van der Waals surface area contributed by atoms with Crippen LogP contribution in [-0.4, -0.2) is 15.6 Å². The van der Waals surface area contributed by atoms with Crippen LogP contribution < -0.4 is 4.74 Å². The number of Topliss-reactive ketones (excluding diaryl/α,β-unsaturated/α-hetero) is 1. The Hall–Kier alpha value is -2.10. The molecule has 1 aromatic heterocycles. The summed E-state index contributed by atoms with van der Waals surface area (Å²) in [7, 11) is 1.91. The first-order valence-electron chi connectivity index (χ1n) is 6.92. The number of hydrogen-bond donors (Lipinski definition) is 0. The van der Waals surface area contributed by atoms with Gasteiger partial charge < -0.3 is 4.74 Å². The Morgan fingerprint density at radius 1 is 1.35 bits per heavy atom. The third kappa shape index (κ3) is 2.33. The molecule has 0 N–H and O–H groups in total. The van der Waals surface area contributed by atoms with Gasteiger partial charge in [0.25, 0.3) is 0 Å². The van der Waals surface area contributed by atoms with E-state index < -0.39 is 0 Å². The quantitative estimate of drug-likeness (QED) is 0.861. The minimum absolute atomic E-state index is 0.230. The average Bonchev–Trinajstić information content (AvgIpc) is 2.75. The van der Waals surface area contributed by atoms with Crippen molar-refractivity contribution in [2.75, 3.05) is 0 Å². The summed E-state index contributed by atoms with van der Waals surface area (Å²) in [6, 6.07) is 7.75. The molecule has 1 aliphatic carbocycles. The van der Waals surface area contributed by atoms with Crippen LogP contribution in [0.15, 0.2) is 24.3 Å². The molecule has 20 heavy (non-hydrogen) atoms. The molecule has 1 aromatic carbocycles. The molecule has 4 heteroatoms. The normalized spacial score (nSPS) is 14.2. The summed E-state index contributed by atoms with van der Waals surface area (Å²) in [6.07, 6.45) is 2.48. The number of ketones is 1. The minimum Gasteiger partial charge on any atom is -0.487 e. The van der Waals surface area contributed by atoms with Gasteiger partial charge in [0, 0.05) is 24.6 Å². The Balaban J connectivity index is 1.83. The Bertz CT molecular complexity index is 658. The van der Waals surface area contributed by atoms with E-state index in [1.165, 1.54) is 0 Å². The largest absolute Gasteiger partial charge is 0.487 e. The van der Waals surface area contributed by atoms with Crippen LogP contribution in [0.1, 0.15) is 40.2 Å². The van der Waals surface area contributed by atoms with Crippen molar-refractivity contribution in [2.24, 2.45) is 7.05 Å². The molecule has 0 bridgehead atoms. The van der Waals surface area contributed by atoms with E-state index in [0.717, 1.165) is 41.1 Å². The van der Waals surface area contributed by atoms with Gasteiger partial charge in [-0.15, -0.1) is 0 Å². The number of carbonyl (C=O) groups is 1. The Labute approximate surface area is 118 Å². The lowest BCUT2D eigenvalue weighted by Crippen LogP contribution is -2.12. The van der Waals surface area contributed by atoms with E-state index in [9.17, 15) is 4.79 Å². The fourth-order valence-corrected chi connectivity index (χ4v) is 2.73. The van der Waals surface area contributed by atoms with E-state index in [2.05, 4.69) is 5.10 Å². The maximum Gasteiger partial charge on any atom is 0.163 e. The van der Waals surface area contributed by atoms with E-state index in [-0.39, 0.29) is 5.78 Å². The maximum atomic E-state index is 11.9. The van der Waals surface area contributed by atoms with Crippen molar-refractivity contribution in [1.29, 1.82) is 0 Å². The van der Waals surface area contributed by atoms with E-state index >= 15 is 0 Å². The molecule has 0 atom stereocenters. The van der Waals surface area contributed by atoms with E-state index in [1.807, 2.05) is 42.9 Å². The number of carbonyl (C=O) groups excluding carboxylic acids is 1. The highest BCUT2D eigenvalue weighted by molar-refractivity contribution is 5.99. The van der Waals surface area contributed by atoms with Gasteiger partial charge in [0.05, 0.1) is 11.4 Å². The summed E-state index contributed by atoms with van der Waals surface area (Å²) >= 11 is 0. The van der Waals surface area contributed by atoms with Crippen molar-refractivity contribution in [2.45, 2.75) is 32.8 Å². The number of aromatic nitrogens is 2. The molecule has 0 saturated carbocycles. The lowest BCUT2D eigenvalue weighted by atomic mass is 9.90. The van der Waals surface area contributed by atoms with Gasteiger partial charge >= 0.3 is 0 Å². The summed E-state index contributed by atoms with van der Waals surface area (Å²) in [6.45, 7) is 2.44. The van der Waals surface area contributed by atoms with Gasteiger partial charge in [0.2, 0.25) is 0 Å². The molecule has 0 aliphatic heterocycles. The Morgan fingerprint density at radius 2 is 2.20 bits per heavy atom. The van der Waals surface area contributed by atoms with Crippen molar-refractivity contribution < 1.29 is 9.53 Å². The predicted octanol–water partition coefficient (Wildman–Crippen LogP) is 2.83. The standard InChI is InChI=1S/C16H18N2O2/c1-11-9-12(18(2)17-11)10-20-16-8-4-5-13-14(16)6-3-7-15(13)19/h4-5,8-9H,3,6-7,10H2,1-2H3. The maximum absolute atomic E-state index is 11.9. The predicted molar refractivity (Wildman–Crippen MR) is 76.0 cm³/mol. The average molecular weight is 270 g/mol. The molecular formula is C16H18N2O2. The van der Waals surface area contributed by atoms with Gasteiger partial charge in [-0.05, 0) is 31.9 Å². The summed E-state index contributed by atoms with van der Waals surface area (Å²) < 4.78 is 7.75. The zero-order chi connectivity index (χ0) is 14.1. The van der Waals surface area contributed by atoms with Crippen LogP contribution in [0.3, 0.4) is 0 Å². The zero-order valence-corrected chi connectivity index (χ0v) is 11.8. The number of hydrogen-bond acceptors (Lipinski definition) is 3. The second-order valence-corrected chi connectivity index (χ2v) is 5.25. The molecular weight excluding hydrogens is 252 g/mol. The Morgan fingerprint density at radius 3 is 2.95 bits per heavy atom. The zero-order valence-electron chi connectivity index (χ0n) is 11.8. The van der Waals surface area contributed by atoms with Crippen LogP contribution in [0.4, 0.5) is 0 Å². The SMILES string of the molecule is Cc1cc(COc2cccc3c2CCCC3=O)n(C)n1. The number of rotatable bonds is 3. The van der Waals surface area contributed by atoms with Crippen molar-refractivity contribution in [3.8, 4) is 5.75 Å². The molecule has 0 amide bonds. The van der Waals surface area contributed by atoms with Gasteiger partial charge in [-0.1, -0.05) is 12.1 Å². The molecule has 0 spiro atoms. The van der Waals surface area contributed by atoms with Gasteiger partial charge in [0.1, 0.15) is 12.4 Å². The van der Waals surface area contributed by atoms with Crippen molar-refractivity contribution in [3.05, 3.63) is 46.8 Å². The van der Waals surface area contributed by atoms with Crippen molar-refractivity contribution in [3.63, 3.8) is 0 Å². The lowest BCUT2D eigenvalue weighted by molar-refractivity contribution is 0.0971. The number of nitrogens with zero attached hydrogens (tertiary/aromatic N) is 2. The highest BCUT2D eigenvalue weighted by Crippen LogP contribution is 2.30. The topological polar surface area (TPSA) is 44.1 Å². The molecule has 0 saturated heterocycles. The number of aryl methyl sites for hydroxylation is 2. The molecule has 104 valence electrons. The second-order valence-electron chi connectivity index (χ2n) is 5.25. The molecule has 0 fully saturated rings. The fourth-order valence-electron chi connectivity index (χ4n) is 2.73.